The van der Waals surface area contributed by atoms with Crippen LogP contribution >= 0.6 is 0 Å². The number of carboxylic acids is 1. The average molecular weight is 267 g/mol. The molecular weight excluding hydrogens is 250 g/mol. The lowest BCUT2D eigenvalue weighted by Gasteiger charge is -2.12. The standard InChI is InChI=1S/C13H17NO5/c1-8(13(16)17)7-14-12(15)10-5-4-9(18-2)6-11(10)19-3/h4-6,8H,7H2,1-3H3,(H,14,15)(H,16,17). The van der Waals surface area contributed by atoms with Crippen molar-refractivity contribution in [3.63, 3.8) is 0 Å². The molecular formula is C13H17NO5. The Balaban J connectivity index is 2.79. The number of carboxylic acid groups (broad SMARTS) is 1. The molecule has 1 rings (SSSR count). The molecule has 0 aliphatic heterocycles. The van der Waals surface area contributed by atoms with Crippen molar-refractivity contribution in [1.29, 1.82) is 0 Å². The first-order chi connectivity index (χ1) is 8.99. The summed E-state index contributed by atoms with van der Waals surface area (Å²) in [6, 6.07) is 4.80. The molecule has 0 aliphatic carbocycles. The highest BCUT2D eigenvalue weighted by Crippen LogP contribution is 2.24. The van der Waals surface area contributed by atoms with Gasteiger partial charge in [0.05, 0.1) is 25.7 Å². The number of carbonyl (C=O) groups is 2. The number of nitrogens with one attached hydrogen (secondary N) is 1. The molecule has 2 N–H and O–H groups in total. The lowest BCUT2D eigenvalue weighted by atomic mass is 10.1. The van der Waals surface area contributed by atoms with Gasteiger partial charge in [-0.05, 0) is 12.1 Å². The molecule has 1 unspecified atom stereocenters. The van der Waals surface area contributed by atoms with Gasteiger partial charge in [-0.1, -0.05) is 6.92 Å². The molecule has 0 aliphatic rings. The average Bonchev–Trinajstić information content (AvgIpc) is 2.43. The number of hydrogen-bond acceptors (Lipinski definition) is 4. The van der Waals surface area contributed by atoms with Crippen LogP contribution in [0.3, 0.4) is 0 Å². The fourth-order valence-electron chi connectivity index (χ4n) is 1.41. The molecule has 1 aromatic rings. The quantitative estimate of drug-likeness (QED) is 0.807. The van der Waals surface area contributed by atoms with Crippen LogP contribution in [-0.2, 0) is 4.79 Å². The first-order valence-corrected chi connectivity index (χ1v) is 5.72. The third kappa shape index (κ3) is 3.87. The summed E-state index contributed by atoms with van der Waals surface area (Å²) >= 11 is 0. The molecule has 0 bridgehead atoms. The van der Waals surface area contributed by atoms with Crippen LogP contribution in [0.4, 0.5) is 0 Å². The Kier molecular flexibility index (Phi) is 5.17. The Morgan fingerprint density at radius 3 is 2.53 bits per heavy atom. The smallest absolute Gasteiger partial charge is 0.308 e. The van der Waals surface area contributed by atoms with Crippen molar-refractivity contribution in [1.82, 2.24) is 5.32 Å². The fourth-order valence-corrected chi connectivity index (χ4v) is 1.41. The molecule has 0 saturated heterocycles. The minimum atomic E-state index is -0.956. The van der Waals surface area contributed by atoms with Gasteiger partial charge >= 0.3 is 5.97 Å². The van der Waals surface area contributed by atoms with E-state index >= 15 is 0 Å². The summed E-state index contributed by atoms with van der Waals surface area (Å²) in [4.78, 5) is 22.6. The van der Waals surface area contributed by atoms with E-state index in [0.29, 0.717) is 17.1 Å². The molecule has 0 heterocycles. The van der Waals surface area contributed by atoms with Crippen LogP contribution in [0.5, 0.6) is 11.5 Å². The Bertz CT molecular complexity index is 472. The topological polar surface area (TPSA) is 84.9 Å². The molecule has 0 aromatic heterocycles. The van der Waals surface area contributed by atoms with E-state index < -0.39 is 11.9 Å². The van der Waals surface area contributed by atoms with Crippen molar-refractivity contribution < 1.29 is 24.2 Å². The summed E-state index contributed by atoms with van der Waals surface area (Å²) in [5.41, 5.74) is 0.334. The van der Waals surface area contributed by atoms with Gasteiger partial charge in [-0.15, -0.1) is 0 Å². The van der Waals surface area contributed by atoms with E-state index in [4.69, 9.17) is 14.6 Å². The van der Waals surface area contributed by atoms with E-state index in [1.165, 1.54) is 21.1 Å². The van der Waals surface area contributed by atoms with Gasteiger partial charge in [0.1, 0.15) is 11.5 Å². The van der Waals surface area contributed by atoms with E-state index in [-0.39, 0.29) is 12.5 Å². The monoisotopic (exact) mass is 267 g/mol. The molecule has 0 saturated carbocycles. The summed E-state index contributed by atoms with van der Waals surface area (Å²) < 4.78 is 10.1. The number of benzene rings is 1. The number of amides is 1. The van der Waals surface area contributed by atoms with Crippen LogP contribution in [0.15, 0.2) is 18.2 Å². The minimum Gasteiger partial charge on any atom is -0.497 e. The highest BCUT2D eigenvalue weighted by Gasteiger charge is 2.16. The van der Waals surface area contributed by atoms with Crippen LogP contribution in [0.25, 0.3) is 0 Å². The maximum atomic E-state index is 11.9. The van der Waals surface area contributed by atoms with Crippen molar-refractivity contribution in [2.45, 2.75) is 6.92 Å². The molecule has 6 heteroatoms. The second-order valence-corrected chi connectivity index (χ2v) is 4.02. The normalized spacial score (nSPS) is 11.5. The molecule has 0 radical (unpaired) electrons. The van der Waals surface area contributed by atoms with Gasteiger partial charge in [0.15, 0.2) is 0 Å². The number of hydrogen-bond donors (Lipinski definition) is 2. The lowest BCUT2D eigenvalue weighted by molar-refractivity contribution is -0.140. The lowest BCUT2D eigenvalue weighted by Crippen LogP contribution is -2.31. The number of carbonyl (C=O) groups excluding carboxylic acids is 1. The third-order valence-corrected chi connectivity index (χ3v) is 2.64. The zero-order chi connectivity index (χ0) is 14.4. The summed E-state index contributed by atoms with van der Waals surface area (Å²) in [6.45, 7) is 1.58. The summed E-state index contributed by atoms with van der Waals surface area (Å²) in [6.07, 6.45) is 0. The summed E-state index contributed by atoms with van der Waals surface area (Å²) in [5.74, 6) is -1.03. The number of methoxy groups -OCH3 is 2. The van der Waals surface area contributed by atoms with E-state index in [0.717, 1.165) is 0 Å². The molecule has 0 fully saturated rings. The Hall–Kier alpha value is -2.24. The van der Waals surface area contributed by atoms with Gasteiger partial charge in [-0.3, -0.25) is 9.59 Å². The van der Waals surface area contributed by atoms with Gasteiger partial charge in [0.25, 0.3) is 5.91 Å². The molecule has 19 heavy (non-hydrogen) atoms. The minimum absolute atomic E-state index is 0.0589. The van der Waals surface area contributed by atoms with E-state index in [1.807, 2.05) is 0 Å². The Morgan fingerprint density at radius 2 is 2.00 bits per heavy atom. The maximum absolute atomic E-state index is 11.9. The number of ether oxygens (including phenoxy) is 2. The predicted octanol–water partition coefficient (Wildman–Crippen LogP) is 1.15. The van der Waals surface area contributed by atoms with Gasteiger partial charge in [-0.2, -0.15) is 0 Å². The van der Waals surface area contributed by atoms with Crippen molar-refractivity contribution in [2.24, 2.45) is 5.92 Å². The zero-order valence-electron chi connectivity index (χ0n) is 11.1. The summed E-state index contributed by atoms with van der Waals surface area (Å²) in [5, 5.41) is 11.3. The van der Waals surface area contributed by atoms with Crippen molar-refractivity contribution in [2.75, 3.05) is 20.8 Å². The largest absolute Gasteiger partial charge is 0.497 e. The van der Waals surface area contributed by atoms with Gasteiger partial charge in [-0.25, -0.2) is 0 Å². The van der Waals surface area contributed by atoms with Crippen molar-refractivity contribution in [3.8, 4) is 11.5 Å². The third-order valence-electron chi connectivity index (χ3n) is 2.64. The second kappa shape index (κ2) is 6.63. The second-order valence-electron chi connectivity index (χ2n) is 4.02. The molecule has 104 valence electrons. The molecule has 6 nitrogen and oxygen atoms in total. The number of aliphatic carboxylic acids is 1. The van der Waals surface area contributed by atoms with Gasteiger partial charge in [0, 0.05) is 12.6 Å². The number of rotatable bonds is 6. The molecule has 0 spiro atoms. The van der Waals surface area contributed by atoms with E-state index in [2.05, 4.69) is 5.32 Å². The Morgan fingerprint density at radius 1 is 1.32 bits per heavy atom. The first-order valence-electron chi connectivity index (χ1n) is 5.72. The first kappa shape index (κ1) is 14.8. The molecule has 1 atom stereocenters. The summed E-state index contributed by atoms with van der Waals surface area (Å²) in [7, 11) is 2.97. The predicted molar refractivity (Wildman–Crippen MR) is 68.7 cm³/mol. The molecule has 1 aromatic carbocycles. The maximum Gasteiger partial charge on any atom is 0.308 e. The van der Waals surface area contributed by atoms with Crippen molar-refractivity contribution >= 4 is 11.9 Å². The van der Waals surface area contributed by atoms with Gasteiger partial charge in [0.2, 0.25) is 0 Å². The van der Waals surface area contributed by atoms with Crippen LogP contribution < -0.4 is 14.8 Å². The van der Waals surface area contributed by atoms with Crippen LogP contribution in [0, 0.1) is 5.92 Å². The SMILES string of the molecule is COc1ccc(C(=O)NCC(C)C(=O)O)c(OC)c1. The van der Waals surface area contributed by atoms with Crippen molar-refractivity contribution in [3.05, 3.63) is 23.8 Å². The van der Waals surface area contributed by atoms with Crippen LogP contribution in [0.2, 0.25) is 0 Å². The van der Waals surface area contributed by atoms with E-state index in [1.54, 1.807) is 18.2 Å². The van der Waals surface area contributed by atoms with Crippen LogP contribution in [-0.4, -0.2) is 37.7 Å². The fraction of sp³-hybridized carbons (Fsp3) is 0.385. The molecule has 1 amide bonds. The van der Waals surface area contributed by atoms with E-state index in [9.17, 15) is 9.59 Å². The zero-order valence-corrected chi connectivity index (χ0v) is 11.1. The van der Waals surface area contributed by atoms with Gasteiger partial charge < -0.3 is 19.9 Å². The Labute approximate surface area is 111 Å². The highest BCUT2D eigenvalue weighted by molar-refractivity contribution is 5.97. The highest BCUT2D eigenvalue weighted by atomic mass is 16.5. The van der Waals surface area contributed by atoms with Crippen LogP contribution in [0.1, 0.15) is 17.3 Å².